The molecule has 0 bridgehead atoms. The number of amides is 1. The van der Waals surface area contributed by atoms with E-state index < -0.39 is 12.2 Å². The molecule has 7 nitrogen and oxygen atoms in total. The Bertz CT molecular complexity index is 718. The van der Waals surface area contributed by atoms with Crippen LogP contribution in [0.15, 0.2) is 40.9 Å². The summed E-state index contributed by atoms with van der Waals surface area (Å²) in [4.78, 5) is 11.4. The molecule has 27 heavy (non-hydrogen) atoms. The van der Waals surface area contributed by atoms with Crippen molar-refractivity contribution in [3.05, 3.63) is 47.9 Å². The Morgan fingerprint density at radius 2 is 2.15 bits per heavy atom. The van der Waals surface area contributed by atoms with Crippen LogP contribution < -0.4 is 10.1 Å². The highest BCUT2D eigenvalue weighted by molar-refractivity contribution is 5.75. The van der Waals surface area contributed by atoms with Gasteiger partial charge in [0.05, 0.1) is 17.9 Å². The molecule has 3 atom stereocenters. The van der Waals surface area contributed by atoms with E-state index in [1.165, 1.54) is 0 Å². The summed E-state index contributed by atoms with van der Waals surface area (Å²) in [5, 5.41) is 17.0. The molecule has 1 aromatic heterocycles. The van der Waals surface area contributed by atoms with Gasteiger partial charge in [0.2, 0.25) is 5.91 Å². The fourth-order valence-electron chi connectivity index (χ4n) is 3.05. The fourth-order valence-corrected chi connectivity index (χ4v) is 3.05. The number of benzene rings is 1. The highest BCUT2D eigenvalue weighted by Gasteiger charge is 2.30. The molecule has 1 aliphatic heterocycles. The first kappa shape index (κ1) is 19.4. The fraction of sp³-hybridized carbons (Fsp3) is 0.500. The number of para-hydroxylation sites is 1. The quantitative estimate of drug-likeness (QED) is 0.736. The van der Waals surface area contributed by atoms with Crippen LogP contribution in [0.2, 0.25) is 0 Å². The summed E-state index contributed by atoms with van der Waals surface area (Å²) in [5.41, 5.74) is 0.791. The van der Waals surface area contributed by atoms with Crippen LogP contribution in [0.25, 0.3) is 0 Å². The van der Waals surface area contributed by atoms with E-state index in [4.69, 9.17) is 14.0 Å². The molecule has 3 rings (SSSR count). The maximum atomic E-state index is 11.4. The van der Waals surface area contributed by atoms with E-state index in [9.17, 15) is 9.90 Å². The van der Waals surface area contributed by atoms with Crippen molar-refractivity contribution in [2.45, 2.75) is 57.5 Å². The molecule has 1 saturated heterocycles. The lowest BCUT2D eigenvalue weighted by Gasteiger charge is -2.33. The summed E-state index contributed by atoms with van der Waals surface area (Å²) >= 11 is 0. The van der Waals surface area contributed by atoms with Gasteiger partial charge in [-0.1, -0.05) is 30.3 Å². The van der Waals surface area contributed by atoms with Crippen molar-refractivity contribution in [1.29, 1.82) is 0 Å². The first-order chi connectivity index (χ1) is 13.1. The number of ether oxygens (including phenoxy) is 2. The van der Waals surface area contributed by atoms with E-state index in [-0.39, 0.29) is 12.0 Å². The summed E-state index contributed by atoms with van der Waals surface area (Å²) in [6.45, 7) is 2.42. The number of aliphatic hydroxyl groups excluding tert-OH is 1. The predicted molar refractivity (Wildman–Crippen MR) is 98.2 cm³/mol. The van der Waals surface area contributed by atoms with Crippen LogP contribution in [0, 0.1) is 0 Å². The number of rotatable bonds is 8. The molecule has 0 spiro atoms. The van der Waals surface area contributed by atoms with Gasteiger partial charge in [0.15, 0.2) is 5.76 Å². The highest BCUT2D eigenvalue weighted by atomic mass is 16.5. The van der Waals surface area contributed by atoms with Crippen molar-refractivity contribution in [3.63, 3.8) is 0 Å². The minimum atomic E-state index is -0.564. The molecular formula is C20H26N2O5. The minimum absolute atomic E-state index is 0.0486. The molecule has 3 unspecified atom stereocenters. The molecule has 0 saturated carbocycles. The molecule has 2 aromatic rings. The third-order valence-electron chi connectivity index (χ3n) is 4.57. The largest absolute Gasteiger partial charge is 0.486 e. The van der Waals surface area contributed by atoms with Gasteiger partial charge in [-0.2, -0.15) is 0 Å². The lowest BCUT2D eigenvalue weighted by molar-refractivity contribution is -0.128. The number of hydrogen-bond acceptors (Lipinski definition) is 6. The van der Waals surface area contributed by atoms with Crippen LogP contribution in [-0.2, 0) is 22.6 Å². The number of hydrogen-bond donors (Lipinski definition) is 2. The summed E-state index contributed by atoms with van der Waals surface area (Å²) in [6, 6.07) is 11.4. The average molecular weight is 374 g/mol. The lowest BCUT2D eigenvalue weighted by Crippen LogP contribution is -2.46. The Kier molecular flexibility index (Phi) is 6.84. The third-order valence-corrected chi connectivity index (χ3v) is 4.57. The number of nitrogens with zero attached hydrogens (tertiary/aromatic N) is 1. The van der Waals surface area contributed by atoms with Crippen LogP contribution >= 0.6 is 0 Å². The monoisotopic (exact) mass is 374 g/mol. The molecule has 2 heterocycles. The molecule has 1 aromatic carbocycles. The zero-order valence-electron chi connectivity index (χ0n) is 15.5. The molecule has 1 amide bonds. The van der Waals surface area contributed by atoms with E-state index in [2.05, 4.69) is 10.5 Å². The normalized spacial score (nSPS) is 22.4. The van der Waals surface area contributed by atoms with Gasteiger partial charge in [-0.05, 0) is 25.0 Å². The van der Waals surface area contributed by atoms with Gasteiger partial charge in [0.1, 0.15) is 18.5 Å². The van der Waals surface area contributed by atoms with Crippen LogP contribution in [0.1, 0.15) is 37.6 Å². The smallest absolute Gasteiger partial charge is 0.219 e. The van der Waals surface area contributed by atoms with Crippen molar-refractivity contribution in [2.24, 2.45) is 0 Å². The minimum Gasteiger partial charge on any atom is -0.486 e. The topological polar surface area (TPSA) is 93.8 Å². The first-order valence-corrected chi connectivity index (χ1v) is 9.36. The van der Waals surface area contributed by atoms with Gasteiger partial charge in [-0.25, -0.2) is 0 Å². The maximum Gasteiger partial charge on any atom is 0.219 e. The Labute approximate surface area is 158 Å². The van der Waals surface area contributed by atoms with Gasteiger partial charge >= 0.3 is 0 Å². The Hall–Kier alpha value is -2.38. The van der Waals surface area contributed by atoms with Gasteiger partial charge in [-0.15, -0.1) is 0 Å². The first-order valence-electron chi connectivity index (χ1n) is 9.36. The molecule has 1 aliphatic rings. The van der Waals surface area contributed by atoms with Crippen molar-refractivity contribution < 1.29 is 23.9 Å². The van der Waals surface area contributed by atoms with Crippen molar-refractivity contribution >= 4 is 5.91 Å². The Morgan fingerprint density at radius 3 is 2.93 bits per heavy atom. The summed E-state index contributed by atoms with van der Waals surface area (Å²) in [7, 11) is 0. The average Bonchev–Trinajstić information content (AvgIpc) is 3.14. The molecule has 0 radical (unpaired) electrons. The summed E-state index contributed by atoms with van der Waals surface area (Å²) in [6.07, 6.45) is 1.36. The van der Waals surface area contributed by atoms with Crippen LogP contribution in [0.4, 0.5) is 0 Å². The van der Waals surface area contributed by atoms with Gasteiger partial charge in [0.25, 0.3) is 0 Å². The predicted octanol–water partition coefficient (Wildman–Crippen LogP) is 2.23. The van der Waals surface area contributed by atoms with E-state index in [0.29, 0.717) is 38.2 Å². The van der Waals surface area contributed by atoms with E-state index in [1.54, 1.807) is 6.92 Å². The van der Waals surface area contributed by atoms with E-state index >= 15 is 0 Å². The summed E-state index contributed by atoms with van der Waals surface area (Å²) in [5.74, 6) is 1.38. The Balaban J connectivity index is 1.48. The molecule has 146 valence electrons. The maximum absolute atomic E-state index is 11.4. The van der Waals surface area contributed by atoms with Crippen LogP contribution in [-0.4, -0.2) is 41.0 Å². The number of nitrogens with one attached hydrogen (secondary N) is 1. The number of aliphatic hydroxyl groups is 1. The number of carbonyl (C=O) groups excluding carboxylic acids is 1. The second-order valence-electron chi connectivity index (χ2n) is 6.69. The van der Waals surface area contributed by atoms with E-state index in [0.717, 1.165) is 17.9 Å². The zero-order valence-corrected chi connectivity index (χ0v) is 15.5. The number of carbonyl (C=O) groups is 1. The lowest BCUT2D eigenvalue weighted by atomic mass is 9.98. The van der Waals surface area contributed by atoms with Crippen LogP contribution in [0.3, 0.4) is 0 Å². The SMILES string of the molecule is CCC(=O)NCC1OC(Cc2cc(COc3ccccc3)on2)CCC1O. The standard InChI is InChI=1S/C20H26N2O5/c1-2-20(24)21-12-19-18(23)9-8-16(26-19)10-14-11-17(27-22-14)13-25-15-6-4-3-5-7-15/h3-7,11,16,18-19,23H,2,8-10,12-13H2,1H3,(H,21,24). The summed E-state index contributed by atoms with van der Waals surface area (Å²) < 4.78 is 16.9. The van der Waals surface area contributed by atoms with Gasteiger partial charge in [0, 0.05) is 25.5 Å². The van der Waals surface area contributed by atoms with Gasteiger partial charge in [-0.3, -0.25) is 4.79 Å². The number of aromatic nitrogens is 1. The van der Waals surface area contributed by atoms with Gasteiger partial charge < -0.3 is 24.4 Å². The van der Waals surface area contributed by atoms with Crippen molar-refractivity contribution in [2.75, 3.05) is 6.54 Å². The highest BCUT2D eigenvalue weighted by Crippen LogP contribution is 2.23. The van der Waals surface area contributed by atoms with Crippen LogP contribution in [0.5, 0.6) is 5.75 Å². The molecular weight excluding hydrogens is 348 g/mol. The van der Waals surface area contributed by atoms with Crippen molar-refractivity contribution in [1.82, 2.24) is 10.5 Å². The Morgan fingerprint density at radius 1 is 1.33 bits per heavy atom. The van der Waals surface area contributed by atoms with E-state index in [1.807, 2.05) is 36.4 Å². The molecule has 7 heteroatoms. The second kappa shape index (κ2) is 9.53. The third kappa shape index (κ3) is 5.80. The molecule has 1 fully saturated rings. The van der Waals surface area contributed by atoms with Crippen molar-refractivity contribution in [3.8, 4) is 5.75 Å². The molecule has 0 aliphatic carbocycles. The second-order valence-corrected chi connectivity index (χ2v) is 6.69. The molecule has 2 N–H and O–H groups in total. The zero-order chi connectivity index (χ0) is 19.1.